The van der Waals surface area contributed by atoms with Crippen LogP contribution in [0.1, 0.15) is 58.3 Å². The Kier molecular flexibility index (Phi) is 6.46. The van der Waals surface area contributed by atoms with E-state index in [9.17, 15) is 4.79 Å². The summed E-state index contributed by atoms with van der Waals surface area (Å²) in [5, 5.41) is 8.57. The molecule has 1 atom stereocenters. The monoisotopic (exact) mass is 227 g/mol. The second-order valence-electron chi connectivity index (χ2n) is 4.83. The van der Waals surface area contributed by atoms with Gasteiger partial charge in [0.15, 0.2) is 0 Å². The maximum Gasteiger partial charge on any atom is 0.303 e. The Morgan fingerprint density at radius 2 is 2.19 bits per heavy atom. The van der Waals surface area contributed by atoms with Crippen molar-refractivity contribution in [1.29, 1.82) is 0 Å². The molecule has 1 saturated heterocycles. The van der Waals surface area contributed by atoms with Crippen LogP contribution in [0.3, 0.4) is 0 Å². The number of carbonyl (C=O) groups is 1. The zero-order valence-corrected chi connectivity index (χ0v) is 10.5. The Hall–Kier alpha value is -0.570. The van der Waals surface area contributed by atoms with Crippen molar-refractivity contribution in [3.8, 4) is 0 Å². The summed E-state index contributed by atoms with van der Waals surface area (Å²) < 4.78 is 0. The average molecular weight is 227 g/mol. The molecule has 0 aromatic carbocycles. The van der Waals surface area contributed by atoms with Gasteiger partial charge in [-0.2, -0.15) is 0 Å². The van der Waals surface area contributed by atoms with E-state index >= 15 is 0 Å². The van der Waals surface area contributed by atoms with Crippen LogP contribution in [0.2, 0.25) is 0 Å². The fraction of sp³-hybridized carbons (Fsp3) is 0.923. The molecule has 0 saturated carbocycles. The average Bonchev–Trinajstić information content (AvgIpc) is 2.26. The molecule has 0 aromatic heterocycles. The number of carboxylic acid groups (broad SMARTS) is 1. The number of aliphatic carboxylic acids is 1. The molecular formula is C13H25NO2. The van der Waals surface area contributed by atoms with Crippen LogP contribution in [0.25, 0.3) is 0 Å². The summed E-state index contributed by atoms with van der Waals surface area (Å²) >= 11 is 0. The predicted molar refractivity (Wildman–Crippen MR) is 65.6 cm³/mol. The van der Waals surface area contributed by atoms with Crippen LogP contribution in [-0.4, -0.2) is 35.1 Å². The maximum atomic E-state index is 10.4. The molecule has 0 aliphatic carbocycles. The number of hydrogen-bond acceptors (Lipinski definition) is 2. The molecule has 16 heavy (non-hydrogen) atoms. The van der Waals surface area contributed by atoms with Crippen LogP contribution in [0.4, 0.5) is 0 Å². The summed E-state index contributed by atoms with van der Waals surface area (Å²) in [6.07, 6.45) is 8.78. The number of piperidine rings is 1. The summed E-state index contributed by atoms with van der Waals surface area (Å²) in [6, 6.07) is 0.767. The molecule has 0 spiro atoms. The van der Waals surface area contributed by atoms with Gasteiger partial charge in [0.2, 0.25) is 0 Å². The highest BCUT2D eigenvalue weighted by atomic mass is 16.4. The molecule has 3 heteroatoms. The third-order valence-electron chi connectivity index (χ3n) is 3.46. The van der Waals surface area contributed by atoms with Gasteiger partial charge in [-0.25, -0.2) is 0 Å². The zero-order valence-electron chi connectivity index (χ0n) is 10.5. The van der Waals surface area contributed by atoms with Gasteiger partial charge < -0.3 is 10.0 Å². The first-order chi connectivity index (χ1) is 7.74. The number of carboxylic acids is 1. The van der Waals surface area contributed by atoms with Crippen LogP contribution >= 0.6 is 0 Å². The molecule has 1 N–H and O–H groups in total. The standard InChI is InChI=1S/C13H25NO2/c1-2-7-12-8-3-5-10-14(12)11-6-4-9-13(15)16/h12H,2-11H2,1H3,(H,15,16). The number of nitrogens with zero attached hydrogens (tertiary/aromatic N) is 1. The summed E-state index contributed by atoms with van der Waals surface area (Å²) in [4.78, 5) is 13.0. The topological polar surface area (TPSA) is 40.5 Å². The number of unbranched alkanes of at least 4 members (excludes halogenated alkanes) is 1. The molecule has 0 bridgehead atoms. The molecule has 1 heterocycles. The quantitative estimate of drug-likeness (QED) is 0.680. The summed E-state index contributed by atoms with van der Waals surface area (Å²) in [5.41, 5.74) is 0. The van der Waals surface area contributed by atoms with Crippen molar-refractivity contribution in [3.63, 3.8) is 0 Å². The summed E-state index contributed by atoms with van der Waals surface area (Å²) in [6.45, 7) is 4.56. The molecule has 94 valence electrons. The second kappa shape index (κ2) is 7.66. The van der Waals surface area contributed by atoms with Crippen molar-refractivity contribution in [2.75, 3.05) is 13.1 Å². The first kappa shape index (κ1) is 13.5. The Morgan fingerprint density at radius 3 is 2.88 bits per heavy atom. The van der Waals surface area contributed by atoms with Crippen molar-refractivity contribution in [2.24, 2.45) is 0 Å². The Bertz CT molecular complexity index is 204. The van der Waals surface area contributed by atoms with Crippen LogP contribution in [0.15, 0.2) is 0 Å². The van der Waals surface area contributed by atoms with Gasteiger partial charge >= 0.3 is 5.97 Å². The highest BCUT2D eigenvalue weighted by Gasteiger charge is 2.20. The molecule has 1 rings (SSSR count). The zero-order chi connectivity index (χ0) is 11.8. The van der Waals surface area contributed by atoms with Gasteiger partial charge in [-0.15, -0.1) is 0 Å². The van der Waals surface area contributed by atoms with Gasteiger partial charge in [-0.05, 0) is 45.2 Å². The van der Waals surface area contributed by atoms with Crippen LogP contribution < -0.4 is 0 Å². The molecular weight excluding hydrogens is 202 g/mol. The Balaban J connectivity index is 2.18. The van der Waals surface area contributed by atoms with E-state index in [0.717, 1.165) is 25.4 Å². The SMILES string of the molecule is CCCC1CCCCN1CCCCC(=O)O. The maximum absolute atomic E-state index is 10.4. The van der Waals surface area contributed by atoms with Crippen molar-refractivity contribution in [1.82, 2.24) is 4.90 Å². The predicted octanol–water partition coefficient (Wildman–Crippen LogP) is 2.90. The lowest BCUT2D eigenvalue weighted by Crippen LogP contribution is -2.39. The molecule has 1 aliphatic rings. The molecule has 1 aliphatic heterocycles. The van der Waals surface area contributed by atoms with Crippen LogP contribution in [0, 0.1) is 0 Å². The third-order valence-corrected chi connectivity index (χ3v) is 3.46. The fourth-order valence-corrected chi connectivity index (χ4v) is 2.61. The van der Waals surface area contributed by atoms with Gasteiger partial charge in [0, 0.05) is 12.5 Å². The largest absolute Gasteiger partial charge is 0.481 e. The first-order valence-electron chi connectivity index (χ1n) is 6.70. The molecule has 0 aromatic rings. The van der Waals surface area contributed by atoms with Gasteiger partial charge in [-0.3, -0.25) is 4.79 Å². The van der Waals surface area contributed by atoms with Crippen molar-refractivity contribution < 1.29 is 9.90 Å². The highest BCUT2D eigenvalue weighted by molar-refractivity contribution is 5.66. The highest BCUT2D eigenvalue weighted by Crippen LogP contribution is 2.21. The lowest BCUT2D eigenvalue weighted by molar-refractivity contribution is -0.137. The molecule has 3 nitrogen and oxygen atoms in total. The van der Waals surface area contributed by atoms with Crippen LogP contribution in [-0.2, 0) is 4.79 Å². The first-order valence-corrected chi connectivity index (χ1v) is 6.70. The van der Waals surface area contributed by atoms with Gasteiger partial charge in [-0.1, -0.05) is 19.8 Å². The Labute approximate surface area is 98.8 Å². The number of likely N-dealkylation sites (tertiary alicyclic amines) is 1. The van der Waals surface area contributed by atoms with Gasteiger partial charge in [0.05, 0.1) is 0 Å². The third kappa shape index (κ3) is 4.97. The molecule has 0 radical (unpaired) electrons. The van der Waals surface area contributed by atoms with E-state index in [1.54, 1.807) is 0 Å². The van der Waals surface area contributed by atoms with E-state index in [2.05, 4.69) is 11.8 Å². The second-order valence-corrected chi connectivity index (χ2v) is 4.83. The molecule has 0 amide bonds. The van der Waals surface area contributed by atoms with Crippen LogP contribution in [0.5, 0.6) is 0 Å². The van der Waals surface area contributed by atoms with Gasteiger partial charge in [0.25, 0.3) is 0 Å². The van der Waals surface area contributed by atoms with Crippen molar-refractivity contribution >= 4 is 5.97 Å². The van der Waals surface area contributed by atoms with E-state index < -0.39 is 5.97 Å². The van der Waals surface area contributed by atoms with E-state index in [1.165, 1.54) is 38.6 Å². The van der Waals surface area contributed by atoms with Crippen molar-refractivity contribution in [3.05, 3.63) is 0 Å². The van der Waals surface area contributed by atoms with E-state index in [0.29, 0.717) is 6.42 Å². The summed E-state index contributed by atoms with van der Waals surface area (Å²) in [7, 11) is 0. The molecule has 1 fully saturated rings. The summed E-state index contributed by atoms with van der Waals surface area (Å²) in [5.74, 6) is -0.663. The van der Waals surface area contributed by atoms with Crippen molar-refractivity contribution in [2.45, 2.75) is 64.3 Å². The van der Waals surface area contributed by atoms with E-state index in [-0.39, 0.29) is 0 Å². The minimum absolute atomic E-state index is 0.326. The number of hydrogen-bond donors (Lipinski definition) is 1. The Morgan fingerprint density at radius 1 is 1.38 bits per heavy atom. The van der Waals surface area contributed by atoms with Gasteiger partial charge in [0.1, 0.15) is 0 Å². The smallest absolute Gasteiger partial charge is 0.303 e. The lowest BCUT2D eigenvalue weighted by atomic mass is 9.98. The lowest BCUT2D eigenvalue weighted by Gasteiger charge is -2.35. The minimum atomic E-state index is -0.663. The number of rotatable bonds is 7. The minimum Gasteiger partial charge on any atom is -0.481 e. The molecule has 1 unspecified atom stereocenters. The fourth-order valence-electron chi connectivity index (χ4n) is 2.61. The van der Waals surface area contributed by atoms with E-state index in [4.69, 9.17) is 5.11 Å². The normalized spacial score (nSPS) is 22.2. The van der Waals surface area contributed by atoms with E-state index in [1.807, 2.05) is 0 Å².